The third-order valence-corrected chi connectivity index (χ3v) is 5.42. The molecule has 0 aliphatic carbocycles. The van der Waals surface area contributed by atoms with Crippen molar-refractivity contribution in [3.63, 3.8) is 0 Å². The van der Waals surface area contributed by atoms with E-state index in [1.54, 1.807) is 39.3 Å². The van der Waals surface area contributed by atoms with Crippen molar-refractivity contribution in [1.29, 1.82) is 0 Å². The number of carbonyl (C=O) groups is 4. The molecule has 6 N–H and O–H groups in total. The number of aromatic nitrogens is 1. The summed E-state index contributed by atoms with van der Waals surface area (Å²) in [7, 11) is 3.12. The number of halogens is 1. The van der Waals surface area contributed by atoms with E-state index in [2.05, 4.69) is 22.2 Å². The van der Waals surface area contributed by atoms with Crippen molar-refractivity contribution < 1.29 is 29.0 Å². The second kappa shape index (κ2) is 15.2. The molecule has 2 unspecified atom stereocenters. The number of hydrogen-bond donors (Lipinski definition) is 5. The lowest BCUT2D eigenvalue weighted by Crippen LogP contribution is -2.38. The van der Waals surface area contributed by atoms with Crippen molar-refractivity contribution in [2.45, 2.75) is 32.7 Å². The van der Waals surface area contributed by atoms with E-state index in [-0.39, 0.29) is 36.0 Å². The predicted octanol–water partition coefficient (Wildman–Crippen LogP) is 2.63. The minimum Gasteiger partial charge on any atom is -0.496 e. The summed E-state index contributed by atoms with van der Waals surface area (Å²) in [6.07, 6.45) is 3.97. The number of ether oxygens (including phenoxy) is 1. The molecule has 1 aromatic heterocycles. The summed E-state index contributed by atoms with van der Waals surface area (Å²) < 4.78 is 5.25. The predicted molar refractivity (Wildman–Crippen MR) is 141 cm³/mol. The van der Waals surface area contributed by atoms with Crippen LogP contribution in [0.3, 0.4) is 0 Å². The summed E-state index contributed by atoms with van der Waals surface area (Å²) in [6, 6.07) is 6.26. The van der Waals surface area contributed by atoms with E-state index in [1.807, 2.05) is 6.92 Å². The zero-order valence-electron chi connectivity index (χ0n) is 21.3. The molecule has 0 bridgehead atoms. The zero-order chi connectivity index (χ0) is 28.1. The van der Waals surface area contributed by atoms with E-state index in [9.17, 15) is 19.2 Å². The Morgan fingerprint density at radius 2 is 1.97 bits per heavy atom. The molecule has 0 fully saturated rings. The van der Waals surface area contributed by atoms with Crippen molar-refractivity contribution in [3.05, 3.63) is 59.5 Å². The standard InChI is InChI=1S/C14H19ClN2O3.C11H15N3O3/c1-9(14(19)17(2)8-13(16)18)6-10-7-11(15)4-5-12(10)20-3;1-3-8(12-4-2)10(15)14-7-5-9(11(16)17)13-6-7/h4-5,7,9H,6,8H2,1-3H3,(H2,16,18);4-6,8,12-13H,2-3H2,1H3,(H,14,15)(H,16,17). The molecule has 0 saturated heterocycles. The van der Waals surface area contributed by atoms with E-state index in [4.69, 9.17) is 27.2 Å². The number of hydrogen-bond acceptors (Lipinski definition) is 6. The van der Waals surface area contributed by atoms with Gasteiger partial charge in [0.25, 0.3) is 0 Å². The number of benzene rings is 1. The maximum Gasteiger partial charge on any atom is 0.352 e. The molecule has 0 radical (unpaired) electrons. The molecule has 202 valence electrons. The number of amides is 3. The first-order valence-electron chi connectivity index (χ1n) is 11.4. The Hall–Kier alpha value is -3.99. The first kappa shape index (κ1) is 31.0. The Morgan fingerprint density at radius 3 is 2.49 bits per heavy atom. The summed E-state index contributed by atoms with van der Waals surface area (Å²) in [6.45, 7) is 7.06. The maximum atomic E-state index is 12.1. The maximum absolute atomic E-state index is 12.1. The van der Waals surface area contributed by atoms with Crippen LogP contribution in [0.1, 0.15) is 36.3 Å². The van der Waals surface area contributed by atoms with Crippen LogP contribution in [0.15, 0.2) is 43.2 Å². The van der Waals surface area contributed by atoms with Crippen molar-refractivity contribution in [2.24, 2.45) is 11.7 Å². The second-order valence-corrected chi connectivity index (χ2v) is 8.59. The van der Waals surface area contributed by atoms with Gasteiger partial charge in [-0.15, -0.1) is 0 Å². The lowest BCUT2D eigenvalue weighted by Gasteiger charge is -2.20. The third-order valence-electron chi connectivity index (χ3n) is 5.18. The molecule has 0 saturated carbocycles. The Balaban J connectivity index is 0.000000375. The molecule has 37 heavy (non-hydrogen) atoms. The lowest BCUT2D eigenvalue weighted by atomic mass is 9.99. The van der Waals surface area contributed by atoms with Crippen molar-refractivity contribution >= 4 is 41.0 Å². The number of aromatic amines is 1. The van der Waals surface area contributed by atoms with E-state index in [0.717, 1.165) is 5.56 Å². The Labute approximate surface area is 221 Å². The monoisotopic (exact) mass is 535 g/mol. The van der Waals surface area contributed by atoms with Crippen molar-refractivity contribution in [2.75, 3.05) is 26.0 Å². The van der Waals surface area contributed by atoms with E-state index >= 15 is 0 Å². The molecule has 1 aromatic carbocycles. The van der Waals surface area contributed by atoms with Gasteiger partial charge in [-0.05, 0) is 48.9 Å². The number of H-pyrrole nitrogens is 1. The average molecular weight is 536 g/mol. The largest absolute Gasteiger partial charge is 0.496 e. The second-order valence-electron chi connectivity index (χ2n) is 8.15. The molecule has 2 rings (SSSR count). The van der Waals surface area contributed by atoms with Gasteiger partial charge in [0.2, 0.25) is 17.7 Å². The lowest BCUT2D eigenvalue weighted by molar-refractivity contribution is -0.136. The smallest absolute Gasteiger partial charge is 0.352 e. The normalized spacial score (nSPS) is 11.7. The summed E-state index contributed by atoms with van der Waals surface area (Å²) in [5.74, 6) is -1.59. The van der Waals surface area contributed by atoms with Crippen LogP contribution in [0.5, 0.6) is 5.75 Å². The van der Waals surface area contributed by atoms with E-state index in [0.29, 0.717) is 29.3 Å². The van der Waals surface area contributed by atoms with Gasteiger partial charge >= 0.3 is 5.97 Å². The van der Waals surface area contributed by atoms with E-state index in [1.165, 1.54) is 23.4 Å². The first-order valence-corrected chi connectivity index (χ1v) is 11.8. The molecular formula is C25H34ClN5O6. The number of aromatic carboxylic acids is 1. The molecule has 2 aromatic rings. The van der Waals surface area contributed by atoms with Crippen molar-refractivity contribution in [3.8, 4) is 5.75 Å². The molecule has 11 nitrogen and oxygen atoms in total. The molecule has 0 aliphatic rings. The van der Waals surface area contributed by atoms with E-state index < -0.39 is 11.9 Å². The highest BCUT2D eigenvalue weighted by Crippen LogP contribution is 2.25. The van der Waals surface area contributed by atoms with Gasteiger partial charge in [-0.25, -0.2) is 4.79 Å². The number of methoxy groups -OCH3 is 1. The fourth-order valence-electron chi connectivity index (χ4n) is 3.35. The number of nitrogens with one attached hydrogen (secondary N) is 3. The van der Waals surface area contributed by atoms with Crippen LogP contribution in [0.2, 0.25) is 5.02 Å². The Morgan fingerprint density at radius 1 is 1.30 bits per heavy atom. The Kier molecular flexibility index (Phi) is 12.7. The quantitative estimate of drug-likeness (QED) is 0.278. The highest BCUT2D eigenvalue weighted by atomic mass is 35.5. The van der Waals surface area contributed by atoms with Crippen LogP contribution in [0.25, 0.3) is 0 Å². The minimum absolute atomic E-state index is 0.0324. The SMILES string of the molecule is C=CNC(CC)C(=O)Nc1c[nH]c(C(=O)O)c1.COc1ccc(Cl)cc1CC(C)C(=O)N(C)CC(N)=O. The fraction of sp³-hybridized carbons (Fsp3) is 0.360. The summed E-state index contributed by atoms with van der Waals surface area (Å²) >= 11 is 5.96. The Bertz CT molecular complexity index is 1100. The minimum atomic E-state index is -1.07. The number of nitrogens with two attached hydrogens (primary N) is 1. The molecule has 2 atom stereocenters. The van der Waals surface area contributed by atoms with Crippen LogP contribution in [-0.2, 0) is 20.8 Å². The van der Waals surface area contributed by atoms with Crippen LogP contribution < -0.4 is 21.1 Å². The number of rotatable bonds is 12. The van der Waals surface area contributed by atoms with Gasteiger partial charge in [-0.3, -0.25) is 14.4 Å². The zero-order valence-corrected chi connectivity index (χ0v) is 22.1. The molecular weight excluding hydrogens is 502 g/mol. The molecule has 0 spiro atoms. The van der Waals surface area contributed by atoms with Crippen LogP contribution in [0, 0.1) is 5.92 Å². The summed E-state index contributed by atoms with van der Waals surface area (Å²) in [5.41, 5.74) is 6.39. The average Bonchev–Trinajstić information content (AvgIpc) is 3.31. The number of carboxylic acids is 1. The molecule has 1 heterocycles. The fourth-order valence-corrected chi connectivity index (χ4v) is 3.55. The van der Waals surface area contributed by atoms with Gasteiger partial charge in [0.1, 0.15) is 17.5 Å². The number of nitrogens with zero attached hydrogens (tertiary/aromatic N) is 1. The van der Waals surface area contributed by atoms with Crippen LogP contribution >= 0.6 is 11.6 Å². The first-order chi connectivity index (χ1) is 17.4. The van der Waals surface area contributed by atoms with Gasteiger partial charge in [0, 0.05) is 24.2 Å². The number of carbonyl (C=O) groups excluding carboxylic acids is 3. The highest BCUT2D eigenvalue weighted by molar-refractivity contribution is 6.30. The van der Waals surface area contributed by atoms with Gasteiger partial charge in [0.05, 0.1) is 19.3 Å². The third kappa shape index (κ3) is 10.3. The molecule has 3 amide bonds. The van der Waals surface area contributed by atoms with Gasteiger partial charge in [-0.1, -0.05) is 32.0 Å². The molecule has 12 heteroatoms. The number of likely N-dealkylation sites (N-methyl/N-ethyl adjacent to an activating group) is 1. The van der Waals surface area contributed by atoms with Crippen LogP contribution in [0.4, 0.5) is 5.69 Å². The topological polar surface area (TPSA) is 167 Å². The number of primary amides is 1. The highest BCUT2D eigenvalue weighted by Gasteiger charge is 2.20. The van der Waals surface area contributed by atoms with Gasteiger partial charge < -0.3 is 36.1 Å². The van der Waals surface area contributed by atoms with Crippen molar-refractivity contribution in [1.82, 2.24) is 15.2 Å². The number of carboxylic acid groups (broad SMARTS) is 1. The summed E-state index contributed by atoms with van der Waals surface area (Å²) in [4.78, 5) is 49.2. The summed E-state index contributed by atoms with van der Waals surface area (Å²) in [5, 5.41) is 14.7. The van der Waals surface area contributed by atoms with Crippen LogP contribution in [-0.4, -0.2) is 65.4 Å². The van der Waals surface area contributed by atoms with Gasteiger partial charge in [0.15, 0.2) is 0 Å². The number of anilines is 1. The molecule has 0 aliphatic heterocycles. The van der Waals surface area contributed by atoms with Gasteiger partial charge in [-0.2, -0.15) is 0 Å².